The van der Waals surface area contributed by atoms with Crippen molar-refractivity contribution in [1.29, 1.82) is 0 Å². The van der Waals surface area contributed by atoms with Gasteiger partial charge in [-0.2, -0.15) is 0 Å². The van der Waals surface area contributed by atoms with Gasteiger partial charge in [-0.25, -0.2) is 13.7 Å². The molecule has 2 aliphatic rings. The van der Waals surface area contributed by atoms with Crippen molar-refractivity contribution in [3.8, 4) is 0 Å². The minimum atomic E-state index is -1.16. The number of amides is 2. The van der Waals surface area contributed by atoms with Crippen LogP contribution in [-0.4, -0.2) is 43.0 Å². The van der Waals surface area contributed by atoms with Crippen LogP contribution in [0.2, 0.25) is 10.0 Å². The van der Waals surface area contributed by atoms with Crippen LogP contribution in [0.3, 0.4) is 0 Å². The molecule has 29 heavy (non-hydrogen) atoms. The molecule has 0 N–H and O–H groups in total. The van der Waals surface area contributed by atoms with Gasteiger partial charge in [-0.15, -0.1) is 0 Å². The van der Waals surface area contributed by atoms with Gasteiger partial charge in [0.2, 0.25) is 0 Å². The van der Waals surface area contributed by atoms with E-state index in [-0.39, 0.29) is 22.0 Å². The van der Waals surface area contributed by atoms with Crippen molar-refractivity contribution in [1.82, 2.24) is 4.90 Å². The second kappa shape index (κ2) is 7.74. The Hall–Kier alpha value is -2.48. The summed E-state index contributed by atoms with van der Waals surface area (Å²) in [5.41, 5.74) is 0.501. The molecule has 0 radical (unpaired) electrons. The highest BCUT2D eigenvalue weighted by Crippen LogP contribution is 2.38. The average molecular weight is 439 g/mol. The molecular formula is C20H14Cl2F2N2O3. The van der Waals surface area contributed by atoms with E-state index < -0.39 is 23.4 Å². The van der Waals surface area contributed by atoms with Gasteiger partial charge in [0.25, 0.3) is 11.8 Å². The van der Waals surface area contributed by atoms with Gasteiger partial charge in [0.1, 0.15) is 5.70 Å². The molecule has 0 spiro atoms. The van der Waals surface area contributed by atoms with Gasteiger partial charge in [-0.3, -0.25) is 9.59 Å². The van der Waals surface area contributed by atoms with Crippen molar-refractivity contribution >= 4 is 46.3 Å². The molecule has 2 aliphatic heterocycles. The number of hydrogen-bond donors (Lipinski definition) is 0. The molecule has 1 fully saturated rings. The second-order valence-corrected chi connectivity index (χ2v) is 7.33. The maximum atomic E-state index is 13.8. The molecule has 2 aromatic carbocycles. The Kier molecular flexibility index (Phi) is 5.29. The maximum Gasteiger partial charge on any atom is 0.282 e. The highest BCUT2D eigenvalue weighted by molar-refractivity contribution is 6.47. The first kappa shape index (κ1) is 19.8. The Balaban J connectivity index is 1.86. The molecule has 0 saturated carbocycles. The molecule has 2 amide bonds. The Labute approximate surface area is 175 Å². The highest BCUT2D eigenvalue weighted by Gasteiger charge is 2.43. The lowest BCUT2D eigenvalue weighted by Gasteiger charge is -2.29. The summed E-state index contributed by atoms with van der Waals surface area (Å²) >= 11 is 12.3. The fraction of sp³-hybridized carbons (Fsp3) is 0.200. The van der Waals surface area contributed by atoms with Crippen molar-refractivity contribution in [2.24, 2.45) is 0 Å². The van der Waals surface area contributed by atoms with E-state index in [4.69, 9.17) is 27.9 Å². The summed E-state index contributed by atoms with van der Waals surface area (Å²) in [5.74, 6) is -3.54. The fourth-order valence-corrected chi connectivity index (χ4v) is 3.90. The van der Waals surface area contributed by atoms with Crippen LogP contribution < -0.4 is 4.90 Å². The van der Waals surface area contributed by atoms with Crippen LogP contribution in [0.25, 0.3) is 5.57 Å². The number of anilines is 1. The van der Waals surface area contributed by atoms with Crippen molar-refractivity contribution < 1.29 is 23.1 Å². The van der Waals surface area contributed by atoms with Gasteiger partial charge in [0, 0.05) is 29.7 Å². The van der Waals surface area contributed by atoms with Crippen molar-refractivity contribution in [2.75, 3.05) is 31.2 Å². The van der Waals surface area contributed by atoms with Crippen molar-refractivity contribution in [2.45, 2.75) is 0 Å². The van der Waals surface area contributed by atoms with Gasteiger partial charge in [-0.05, 0) is 24.3 Å². The Morgan fingerprint density at radius 3 is 2.28 bits per heavy atom. The third-order valence-electron chi connectivity index (χ3n) is 4.75. The van der Waals surface area contributed by atoms with Gasteiger partial charge in [0.15, 0.2) is 11.6 Å². The Bertz CT molecular complexity index is 1050. The summed E-state index contributed by atoms with van der Waals surface area (Å²) < 4.78 is 32.5. The third kappa shape index (κ3) is 3.50. The fourth-order valence-electron chi connectivity index (χ4n) is 3.39. The van der Waals surface area contributed by atoms with Gasteiger partial charge >= 0.3 is 0 Å². The number of carbonyl (C=O) groups excluding carboxylic acids is 2. The van der Waals surface area contributed by atoms with E-state index in [1.54, 1.807) is 17.0 Å². The van der Waals surface area contributed by atoms with Gasteiger partial charge < -0.3 is 9.64 Å². The van der Waals surface area contributed by atoms with Crippen LogP contribution in [-0.2, 0) is 14.3 Å². The Morgan fingerprint density at radius 1 is 0.897 bits per heavy atom. The van der Waals surface area contributed by atoms with Crippen LogP contribution >= 0.6 is 23.2 Å². The van der Waals surface area contributed by atoms with Crippen LogP contribution in [0.1, 0.15) is 5.56 Å². The molecule has 0 atom stereocenters. The monoisotopic (exact) mass is 438 g/mol. The molecule has 4 rings (SSSR count). The molecule has 2 heterocycles. The number of nitrogens with zero attached hydrogens (tertiary/aromatic N) is 2. The van der Waals surface area contributed by atoms with E-state index >= 15 is 0 Å². The SMILES string of the molecule is O=C1C(c2ccc(Cl)cc2Cl)=C(N2CCOCC2)C(=O)N1c1ccc(F)c(F)c1. The molecule has 1 saturated heterocycles. The number of carbonyl (C=O) groups is 2. The number of ether oxygens (including phenoxy) is 1. The van der Waals surface area contributed by atoms with E-state index in [2.05, 4.69) is 0 Å². The van der Waals surface area contributed by atoms with Gasteiger partial charge in [0.05, 0.1) is 29.5 Å². The molecular weight excluding hydrogens is 425 g/mol. The summed E-state index contributed by atoms with van der Waals surface area (Å²) in [4.78, 5) is 29.1. The van der Waals surface area contributed by atoms with E-state index in [1.807, 2.05) is 0 Å². The van der Waals surface area contributed by atoms with Crippen LogP contribution in [0.15, 0.2) is 42.1 Å². The quantitative estimate of drug-likeness (QED) is 0.682. The largest absolute Gasteiger partial charge is 0.378 e. The maximum absolute atomic E-state index is 13.8. The van der Waals surface area contributed by atoms with Crippen molar-refractivity contribution in [3.05, 3.63) is 69.3 Å². The summed E-state index contributed by atoms with van der Waals surface area (Å²) in [5, 5.41) is 0.577. The molecule has 2 aromatic rings. The normalized spacial score (nSPS) is 17.5. The van der Waals surface area contributed by atoms with Crippen LogP contribution in [0, 0.1) is 11.6 Å². The second-order valence-electron chi connectivity index (χ2n) is 6.49. The zero-order valence-electron chi connectivity index (χ0n) is 14.9. The van der Waals surface area contributed by atoms with E-state index in [0.717, 1.165) is 17.0 Å². The van der Waals surface area contributed by atoms with Crippen LogP contribution in [0.5, 0.6) is 0 Å². The topological polar surface area (TPSA) is 49.9 Å². The number of benzene rings is 2. The zero-order valence-corrected chi connectivity index (χ0v) is 16.4. The lowest BCUT2D eigenvalue weighted by molar-refractivity contribution is -0.121. The smallest absolute Gasteiger partial charge is 0.282 e. The van der Waals surface area contributed by atoms with Crippen molar-refractivity contribution in [3.63, 3.8) is 0 Å². The third-order valence-corrected chi connectivity index (χ3v) is 5.30. The molecule has 5 nitrogen and oxygen atoms in total. The zero-order chi connectivity index (χ0) is 20.7. The number of hydrogen-bond acceptors (Lipinski definition) is 4. The molecule has 0 aromatic heterocycles. The summed E-state index contributed by atoms with van der Waals surface area (Å²) in [7, 11) is 0. The summed E-state index contributed by atoms with van der Waals surface area (Å²) in [6.45, 7) is 1.57. The first-order valence-electron chi connectivity index (χ1n) is 8.74. The van der Waals surface area contributed by atoms with E-state index in [0.29, 0.717) is 36.9 Å². The lowest BCUT2D eigenvalue weighted by atomic mass is 10.0. The standard InChI is InChI=1S/C20H14Cl2F2N2O3/c21-11-1-3-13(14(22)9-11)17-18(25-5-7-29-8-6-25)20(28)26(19(17)27)12-2-4-15(23)16(24)10-12/h1-4,9-10H,5-8H2. The Morgan fingerprint density at radius 2 is 1.62 bits per heavy atom. The molecule has 0 unspecified atom stereocenters. The minimum Gasteiger partial charge on any atom is -0.378 e. The molecule has 150 valence electrons. The predicted molar refractivity (Wildman–Crippen MR) is 105 cm³/mol. The number of halogens is 4. The summed E-state index contributed by atoms with van der Waals surface area (Å²) in [6, 6.07) is 7.45. The summed E-state index contributed by atoms with van der Waals surface area (Å²) in [6.07, 6.45) is 0. The molecule has 9 heteroatoms. The first-order chi connectivity index (χ1) is 13.9. The first-order valence-corrected chi connectivity index (χ1v) is 9.50. The van der Waals surface area contributed by atoms with Gasteiger partial charge in [-0.1, -0.05) is 29.3 Å². The minimum absolute atomic E-state index is 0.0651. The predicted octanol–water partition coefficient (Wildman–Crippen LogP) is 3.89. The lowest BCUT2D eigenvalue weighted by Crippen LogP contribution is -2.40. The van der Waals surface area contributed by atoms with E-state index in [9.17, 15) is 18.4 Å². The molecule has 0 aliphatic carbocycles. The number of morpholine rings is 1. The van der Waals surface area contributed by atoms with E-state index in [1.165, 1.54) is 12.1 Å². The molecule has 0 bridgehead atoms. The highest BCUT2D eigenvalue weighted by atomic mass is 35.5. The van der Waals surface area contributed by atoms with Crippen LogP contribution in [0.4, 0.5) is 14.5 Å². The number of imide groups is 1. The average Bonchev–Trinajstić information content (AvgIpc) is 2.95. The number of rotatable bonds is 3.